The van der Waals surface area contributed by atoms with Crippen molar-refractivity contribution in [2.45, 2.75) is 13.1 Å². The molecular formula is C20H24N6O2. The summed E-state index contributed by atoms with van der Waals surface area (Å²) in [6.07, 6.45) is 0. The monoisotopic (exact) mass is 380 g/mol. The lowest BCUT2D eigenvalue weighted by molar-refractivity contribution is 0.302. The second-order valence-corrected chi connectivity index (χ2v) is 6.24. The molecule has 0 bridgehead atoms. The van der Waals surface area contributed by atoms with Crippen LogP contribution in [0.4, 0.5) is 17.6 Å². The number of ether oxygens (including phenoxy) is 2. The Morgan fingerprint density at radius 1 is 0.893 bits per heavy atom. The van der Waals surface area contributed by atoms with Gasteiger partial charge in [0.2, 0.25) is 11.9 Å². The van der Waals surface area contributed by atoms with Crippen molar-refractivity contribution in [2.24, 2.45) is 0 Å². The minimum absolute atomic E-state index is 0.160. The van der Waals surface area contributed by atoms with Crippen molar-refractivity contribution in [3.05, 3.63) is 59.9 Å². The van der Waals surface area contributed by atoms with E-state index in [-0.39, 0.29) is 5.95 Å². The van der Waals surface area contributed by atoms with Crippen LogP contribution < -0.4 is 20.5 Å². The molecule has 0 saturated heterocycles. The molecule has 0 amide bonds. The first kappa shape index (κ1) is 19.4. The van der Waals surface area contributed by atoms with Gasteiger partial charge in [0.15, 0.2) is 0 Å². The first-order valence-corrected chi connectivity index (χ1v) is 8.80. The van der Waals surface area contributed by atoms with Gasteiger partial charge in [-0.3, -0.25) is 4.90 Å². The number of nitrogens with two attached hydrogens (primary N) is 1. The number of hydrogen-bond acceptors (Lipinski definition) is 8. The zero-order chi connectivity index (χ0) is 19.9. The third kappa shape index (κ3) is 4.86. The summed E-state index contributed by atoms with van der Waals surface area (Å²) in [7, 11) is 5.27. The molecule has 0 unspecified atom stereocenters. The van der Waals surface area contributed by atoms with E-state index in [0.29, 0.717) is 30.6 Å². The van der Waals surface area contributed by atoms with Gasteiger partial charge in [0.05, 0.1) is 26.5 Å². The van der Waals surface area contributed by atoms with Gasteiger partial charge in [-0.1, -0.05) is 30.3 Å². The summed E-state index contributed by atoms with van der Waals surface area (Å²) >= 11 is 0. The summed E-state index contributed by atoms with van der Waals surface area (Å²) < 4.78 is 10.8. The standard InChI is InChI=1S/C20H24N6O2/c1-26(12-14-8-4-6-10-16(14)27-2)13-18-23-19(21)25-20(24-18)22-15-9-5-7-11-17(15)28-3/h4-11H,12-13H2,1-3H3,(H3,21,22,23,24,25). The van der Waals surface area contributed by atoms with Gasteiger partial charge in [-0.05, 0) is 25.2 Å². The van der Waals surface area contributed by atoms with Crippen LogP contribution in [-0.4, -0.2) is 41.1 Å². The molecule has 3 aromatic rings. The fourth-order valence-electron chi connectivity index (χ4n) is 2.85. The third-order valence-corrected chi connectivity index (χ3v) is 4.10. The summed E-state index contributed by atoms with van der Waals surface area (Å²) in [6.45, 7) is 1.19. The van der Waals surface area contributed by atoms with Gasteiger partial charge < -0.3 is 20.5 Å². The number of nitrogen functional groups attached to an aromatic ring is 1. The molecule has 1 aromatic heterocycles. The van der Waals surface area contributed by atoms with Crippen molar-refractivity contribution >= 4 is 17.6 Å². The van der Waals surface area contributed by atoms with E-state index in [1.807, 2.05) is 55.6 Å². The largest absolute Gasteiger partial charge is 0.496 e. The molecule has 0 aliphatic heterocycles. The number of rotatable bonds is 8. The van der Waals surface area contributed by atoms with Crippen molar-refractivity contribution < 1.29 is 9.47 Å². The fraction of sp³-hybridized carbons (Fsp3) is 0.250. The smallest absolute Gasteiger partial charge is 0.232 e. The molecular weight excluding hydrogens is 356 g/mol. The van der Waals surface area contributed by atoms with E-state index in [9.17, 15) is 0 Å². The van der Waals surface area contributed by atoms with Gasteiger partial charge in [-0.2, -0.15) is 15.0 Å². The molecule has 0 aliphatic rings. The first-order chi connectivity index (χ1) is 13.6. The molecule has 3 rings (SSSR count). The van der Waals surface area contributed by atoms with Crippen molar-refractivity contribution in [3.63, 3.8) is 0 Å². The zero-order valence-corrected chi connectivity index (χ0v) is 16.2. The SMILES string of the molecule is COc1ccccc1CN(C)Cc1nc(N)nc(Nc2ccccc2OC)n1. The Morgan fingerprint density at radius 3 is 2.32 bits per heavy atom. The lowest BCUT2D eigenvalue weighted by atomic mass is 10.2. The summed E-state index contributed by atoms with van der Waals surface area (Å²) in [5.41, 5.74) is 7.72. The Hall–Kier alpha value is -3.39. The number of para-hydroxylation sites is 3. The molecule has 0 atom stereocenters. The highest BCUT2D eigenvalue weighted by Gasteiger charge is 2.11. The molecule has 8 heteroatoms. The number of aromatic nitrogens is 3. The highest BCUT2D eigenvalue weighted by Crippen LogP contribution is 2.26. The van der Waals surface area contributed by atoms with E-state index in [4.69, 9.17) is 15.2 Å². The zero-order valence-electron chi connectivity index (χ0n) is 16.2. The van der Waals surface area contributed by atoms with Crippen LogP contribution >= 0.6 is 0 Å². The van der Waals surface area contributed by atoms with Crippen LogP contribution in [0.5, 0.6) is 11.5 Å². The normalized spacial score (nSPS) is 10.7. The topological polar surface area (TPSA) is 98.4 Å². The molecule has 0 aliphatic carbocycles. The molecule has 3 N–H and O–H groups in total. The Bertz CT molecular complexity index is 934. The van der Waals surface area contributed by atoms with E-state index in [2.05, 4.69) is 25.2 Å². The van der Waals surface area contributed by atoms with Gasteiger partial charge in [0, 0.05) is 12.1 Å². The lowest BCUT2D eigenvalue weighted by Gasteiger charge is -2.18. The van der Waals surface area contributed by atoms with Crippen molar-refractivity contribution in [1.82, 2.24) is 19.9 Å². The minimum atomic E-state index is 0.160. The molecule has 28 heavy (non-hydrogen) atoms. The molecule has 0 saturated carbocycles. The van der Waals surface area contributed by atoms with Crippen LogP contribution in [-0.2, 0) is 13.1 Å². The molecule has 0 spiro atoms. The maximum absolute atomic E-state index is 5.89. The van der Waals surface area contributed by atoms with Crippen LogP contribution in [0.2, 0.25) is 0 Å². The summed E-state index contributed by atoms with van der Waals surface area (Å²) in [6, 6.07) is 15.4. The number of methoxy groups -OCH3 is 2. The molecule has 1 heterocycles. The highest BCUT2D eigenvalue weighted by molar-refractivity contribution is 5.62. The van der Waals surface area contributed by atoms with Gasteiger partial charge in [0.25, 0.3) is 0 Å². The quantitative estimate of drug-likeness (QED) is 0.616. The van der Waals surface area contributed by atoms with Gasteiger partial charge in [0.1, 0.15) is 17.3 Å². The second-order valence-electron chi connectivity index (χ2n) is 6.24. The molecule has 8 nitrogen and oxygen atoms in total. The summed E-state index contributed by atoms with van der Waals surface area (Å²) in [4.78, 5) is 15.0. The summed E-state index contributed by atoms with van der Waals surface area (Å²) in [5, 5.41) is 3.14. The van der Waals surface area contributed by atoms with Crippen LogP contribution in [0.15, 0.2) is 48.5 Å². The Balaban J connectivity index is 1.74. The number of nitrogens with one attached hydrogen (secondary N) is 1. The van der Waals surface area contributed by atoms with Crippen LogP contribution in [0.25, 0.3) is 0 Å². The maximum atomic E-state index is 5.89. The lowest BCUT2D eigenvalue weighted by Crippen LogP contribution is -2.20. The van der Waals surface area contributed by atoms with Gasteiger partial charge in [-0.15, -0.1) is 0 Å². The number of nitrogens with zero attached hydrogens (tertiary/aromatic N) is 4. The Morgan fingerprint density at radius 2 is 1.57 bits per heavy atom. The van der Waals surface area contributed by atoms with Crippen molar-refractivity contribution in [3.8, 4) is 11.5 Å². The van der Waals surface area contributed by atoms with E-state index in [1.54, 1.807) is 14.2 Å². The minimum Gasteiger partial charge on any atom is -0.496 e. The van der Waals surface area contributed by atoms with E-state index in [1.165, 1.54) is 0 Å². The molecule has 0 radical (unpaired) electrons. The Labute approximate surface area is 164 Å². The maximum Gasteiger partial charge on any atom is 0.232 e. The molecule has 0 fully saturated rings. The van der Waals surface area contributed by atoms with Crippen molar-refractivity contribution in [1.29, 1.82) is 0 Å². The average molecular weight is 380 g/mol. The predicted molar refractivity (Wildman–Crippen MR) is 109 cm³/mol. The number of benzene rings is 2. The summed E-state index contributed by atoms with van der Waals surface area (Å²) in [5.74, 6) is 2.65. The number of hydrogen-bond donors (Lipinski definition) is 2. The molecule has 2 aromatic carbocycles. The third-order valence-electron chi connectivity index (χ3n) is 4.10. The first-order valence-electron chi connectivity index (χ1n) is 8.80. The van der Waals surface area contributed by atoms with E-state index < -0.39 is 0 Å². The van der Waals surface area contributed by atoms with Crippen LogP contribution in [0, 0.1) is 0 Å². The fourth-order valence-corrected chi connectivity index (χ4v) is 2.85. The highest BCUT2D eigenvalue weighted by atomic mass is 16.5. The second kappa shape index (κ2) is 9.01. The van der Waals surface area contributed by atoms with Gasteiger partial charge >= 0.3 is 0 Å². The molecule has 146 valence electrons. The van der Waals surface area contributed by atoms with E-state index >= 15 is 0 Å². The van der Waals surface area contributed by atoms with Crippen LogP contribution in [0.1, 0.15) is 11.4 Å². The van der Waals surface area contributed by atoms with Gasteiger partial charge in [-0.25, -0.2) is 0 Å². The van der Waals surface area contributed by atoms with E-state index in [0.717, 1.165) is 17.0 Å². The predicted octanol–water partition coefficient (Wildman–Crippen LogP) is 2.85. The number of anilines is 3. The average Bonchev–Trinajstić information content (AvgIpc) is 2.68. The van der Waals surface area contributed by atoms with Crippen molar-refractivity contribution in [2.75, 3.05) is 32.3 Å². The van der Waals surface area contributed by atoms with Crippen LogP contribution in [0.3, 0.4) is 0 Å². The Kier molecular flexibility index (Phi) is 6.23.